The van der Waals surface area contributed by atoms with Crippen molar-refractivity contribution in [2.45, 2.75) is 19.9 Å². The van der Waals surface area contributed by atoms with Gasteiger partial charge >= 0.3 is 11.9 Å². The molecule has 1 N–H and O–H groups in total. The van der Waals surface area contributed by atoms with Crippen molar-refractivity contribution in [3.8, 4) is 0 Å². The van der Waals surface area contributed by atoms with Gasteiger partial charge in [0.05, 0.1) is 19.8 Å². The fraction of sp³-hybridized carbons (Fsp3) is 0.409. The number of rotatable bonds is 5. The van der Waals surface area contributed by atoms with Crippen molar-refractivity contribution >= 4 is 29.4 Å². The number of methoxy groups -OCH3 is 2. The second-order valence-electron chi connectivity index (χ2n) is 7.39. The normalized spacial score (nSPS) is 15.5. The van der Waals surface area contributed by atoms with Crippen LogP contribution in [0.15, 0.2) is 24.3 Å². The maximum Gasteiger partial charge on any atom is 0.339 e. The van der Waals surface area contributed by atoms with Gasteiger partial charge in [0.1, 0.15) is 11.7 Å². The Bertz CT molecular complexity index is 995. The average molecular weight is 448 g/mol. The summed E-state index contributed by atoms with van der Waals surface area (Å²) < 4.78 is 9.83. The lowest BCUT2D eigenvalue weighted by molar-refractivity contribution is -0.148. The molecule has 1 aliphatic rings. The smallest absolute Gasteiger partial charge is 0.339 e. The fourth-order valence-electron chi connectivity index (χ4n) is 3.99. The van der Waals surface area contributed by atoms with Gasteiger partial charge in [-0.25, -0.2) is 9.59 Å². The maximum atomic E-state index is 13.1. The molecule has 31 heavy (non-hydrogen) atoms. The van der Waals surface area contributed by atoms with E-state index in [1.54, 1.807) is 36.9 Å². The van der Waals surface area contributed by atoms with Gasteiger partial charge in [-0.1, -0.05) is 29.8 Å². The average Bonchev–Trinajstić information content (AvgIpc) is 3.08. The molecule has 9 heteroatoms. The van der Waals surface area contributed by atoms with Crippen molar-refractivity contribution in [2.75, 3.05) is 40.4 Å². The van der Waals surface area contributed by atoms with Crippen LogP contribution in [0.3, 0.4) is 0 Å². The fourth-order valence-corrected chi connectivity index (χ4v) is 4.23. The van der Waals surface area contributed by atoms with Gasteiger partial charge in [-0.3, -0.25) is 9.69 Å². The minimum atomic E-state index is -0.642. The molecule has 0 saturated carbocycles. The molecule has 2 heterocycles. The predicted octanol–water partition coefficient (Wildman–Crippen LogP) is 2.74. The monoisotopic (exact) mass is 447 g/mol. The topological polar surface area (TPSA) is 91.9 Å². The highest BCUT2D eigenvalue weighted by molar-refractivity contribution is 6.31. The Morgan fingerprint density at radius 3 is 2.26 bits per heavy atom. The summed E-state index contributed by atoms with van der Waals surface area (Å²) in [6.45, 7) is 5.24. The Balaban J connectivity index is 1.77. The number of benzene rings is 1. The number of halogens is 1. The molecule has 0 unspecified atom stereocenters. The van der Waals surface area contributed by atoms with Gasteiger partial charge in [-0.15, -0.1) is 0 Å². The molecule has 3 rings (SSSR count). The highest BCUT2D eigenvalue weighted by Crippen LogP contribution is 2.30. The second kappa shape index (κ2) is 9.53. The molecule has 0 bridgehead atoms. The van der Waals surface area contributed by atoms with E-state index in [0.717, 1.165) is 0 Å². The number of nitrogens with zero attached hydrogens (tertiary/aromatic N) is 2. The van der Waals surface area contributed by atoms with Crippen molar-refractivity contribution in [3.05, 3.63) is 57.4 Å². The Morgan fingerprint density at radius 2 is 1.68 bits per heavy atom. The number of aromatic nitrogens is 1. The van der Waals surface area contributed by atoms with Crippen molar-refractivity contribution in [2.24, 2.45) is 0 Å². The van der Waals surface area contributed by atoms with E-state index in [1.165, 1.54) is 14.2 Å². The summed E-state index contributed by atoms with van der Waals surface area (Å²) in [6.07, 6.45) is 0. The number of aryl methyl sites for hydroxylation is 1. The van der Waals surface area contributed by atoms with Crippen LogP contribution in [-0.2, 0) is 14.3 Å². The molecule has 1 atom stereocenters. The third-order valence-electron chi connectivity index (χ3n) is 5.63. The molecular formula is C22H26ClN3O5. The summed E-state index contributed by atoms with van der Waals surface area (Å²) in [5.74, 6) is -1.06. The van der Waals surface area contributed by atoms with Crippen LogP contribution in [0.2, 0.25) is 5.02 Å². The van der Waals surface area contributed by atoms with Crippen LogP contribution in [0.1, 0.15) is 43.7 Å². The number of nitrogens with one attached hydrogen (secondary N) is 1. The minimum Gasteiger partial charge on any atom is -0.468 e. The Hall–Kier alpha value is -2.84. The van der Waals surface area contributed by atoms with Crippen LogP contribution in [0.5, 0.6) is 0 Å². The number of esters is 2. The number of carbonyl (C=O) groups is 3. The zero-order valence-electron chi connectivity index (χ0n) is 18.0. The van der Waals surface area contributed by atoms with E-state index in [4.69, 9.17) is 21.1 Å². The van der Waals surface area contributed by atoms with E-state index < -0.39 is 18.0 Å². The largest absolute Gasteiger partial charge is 0.468 e. The van der Waals surface area contributed by atoms with Crippen molar-refractivity contribution in [1.29, 1.82) is 0 Å². The SMILES string of the molecule is COC(=O)c1c(C)[nH]c(C(=O)N2CCN([C@@H](C(=O)OC)c3ccccc3Cl)CC2)c1C. The Labute approximate surface area is 186 Å². The lowest BCUT2D eigenvalue weighted by atomic mass is 10.0. The lowest BCUT2D eigenvalue weighted by Crippen LogP contribution is -2.51. The number of ether oxygens (including phenoxy) is 2. The molecule has 8 nitrogen and oxygen atoms in total. The first kappa shape index (κ1) is 22.8. The highest BCUT2D eigenvalue weighted by atomic mass is 35.5. The van der Waals surface area contributed by atoms with Gasteiger partial charge in [0.2, 0.25) is 0 Å². The molecule has 0 radical (unpaired) electrons. The van der Waals surface area contributed by atoms with E-state index in [-0.39, 0.29) is 5.91 Å². The molecule has 0 spiro atoms. The van der Waals surface area contributed by atoms with Gasteiger partial charge in [0.15, 0.2) is 0 Å². The zero-order valence-corrected chi connectivity index (χ0v) is 18.8. The number of H-pyrrole nitrogens is 1. The number of hydrogen-bond donors (Lipinski definition) is 1. The standard InChI is InChI=1S/C22H26ClN3O5/c1-13-17(21(28)30-3)14(2)24-18(13)20(27)26-11-9-25(10-12-26)19(22(29)31-4)15-7-5-6-8-16(15)23/h5-8,19,24H,9-12H2,1-4H3/t19-/m1/s1. The molecule has 1 aliphatic heterocycles. The molecule has 1 aromatic carbocycles. The quantitative estimate of drug-likeness (QED) is 0.708. The molecule has 1 amide bonds. The molecule has 0 aliphatic carbocycles. The molecule has 1 fully saturated rings. The number of piperazine rings is 1. The third-order valence-corrected chi connectivity index (χ3v) is 5.98. The number of hydrogen-bond acceptors (Lipinski definition) is 6. The van der Waals surface area contributed by atoms with E-state index in [2.05, 4.69) is 4.98 Å². The molecule has 1 saturated heterocycles. The summed E-state index contributed by atoms with van der Waals surface area (Å²) in [6, 6.07) is 6.53. The Morgan fingerprint density at radius 1 is 1.03 bits per heavy atom. The Kier molecular flexibility index (Phi) is 7.02. The van der Waals surface area contributed by atoms with Crippen LogP contribution < -0.4 is 0 Å². The van der Waals surface area contributed by atoms with Crippen molar-refractivity contribution in [1.82, 2.24) is 14.8 Å². The minimum absolute atomic E-state index is 0.192. The maximum absolute atomic E-state index is 13.1. The molecule has 1 aromatic heterocycles. The van der Waals surface area contributed by atoms with Crippen molar-refractivity contribution < 1.29 is 23.9 Å². The van der Waals surface area contributed by atoms with Crippen LogP contribution in [-0.4, -0.2) is 73.0 Å². The van der Waals surface area contributed by atoms with Crippen LogP contribution in [0, 0.1) is 13.8 Å². The third kappa shape index (κ3) is 4.45. The number of amides is 1. The first-order valence-electron chi connectivity index (χ1n) is 9.93. The second-order valence-corrected chi connectivity index (χ2v) is 7.80. The van der Waals surface area contributed by atoms with Gasteiger partial charge in [0, 0.05) is 36.9 Å². The summed E-state index contributed by atoms with van der Waals surface area (Å²) in [7, 11) is 2.66. The van der Waals surface area contributed by atoms with Gasteiger partial charge in [0.25, 0.3) is 5.91 Å². The summed E-state index contributed by atoms with van der Waals surface area (Å²) in [5.41, 5.74) is 2.60. The summed E-state index contributed by atoms with van der Waals surface area (Å²) >= 11 is 6.33. The summed E-state index contributed by atoms with van der Waals surface area (Å²) in [5, 5.41) is 0.490. The van der Waals surface area contributed by atoms with Crippen molar-refractivity contribution in [3.63, 3.8) is 0 Å². The number of carbonyl (C=O) groups excluding carboxylic acids is 3. The van der Waals surface area contributed by atoms with E-state index in [0.29, 0.717) is 59.3 Å². The van der Waals surface area contributed by atoms with Crippen LogP contribution >= 0.6 is 11.6 Å². The van der Waals surface area contributed by atoms with Gasteiger partial charge < -0.3 is 19.4 Å². The molecule has 166 valence electrons. The molecule has 2 aromatic rings. The van der Waals surface area contributed by atoms with Crippen LogP contribution in [0.4, 0.5) is 0 Å². The van der Waals surface area contributed by atoms with Gasteiger partial charge in [-0.05, 0) is 31.0 Å². The first-order valence-corrected chi connectivity index (χ1v) is 10.3. The summed E-state index contributed by atoms with van der Waals surface area (Å²) in [4.78, 5) is 44.3. The predicted molar refractivity (Wildman–Crippen MR) is 115 cm³/mol. The van der Waals surface area contributed by atoms with Crippen LogP contribution in [0.25, 0.3) is 0 Å². The number of aromatic amines is 1. The van der Waals surface area contributed by atoms with E-state index >= 15 is 0 Å². The lowest BCUT2D eigenvalue weighted by Gasteiger charge is -2.38. The van der Waals surface area contributed by atoms with Gasteiger partial charge in [-0.2, -0.15) is 0 Å². The van der Waals surface area contributed by atoms with E-state index in [1.807, 2.05) is 11.0 Å². The van der Waals surface area contributed by atoms with E-state index in [9.17, 15) is 14.4 Å². The first-order chi connectivity index (χ1) is 14.8. The zero-order chi connectivity index (χ0) is 22.7. The highest BCUT2D eigenvalue weighted by Gasteiger charge is 2.34. The molecular weight excluding hydrogens is 422 g/mol.